The van der Waals surface area contributed by atoms with Gasteiger partial charge in [0.25, 0.3) is 0 Å². The molecule has 0 aromatic heterocycles. The minimum atomic E-state index is -4.25. The molecule has 1 nitrogen and oxygen atoms in total. The van der Waals surface area contributed by atoms with E-state index in [-0.39, 0.29) is 5.92 Å². The highest BCUT2D eigenvalue weighted by Gasteiger charge is 2.38. The van der Waals surface area contributed by atoms with E-state index in [1.54, 1.807) is 6.07 Å². The normalized spacial score (nSPS) is 25.3. The lowest BCUT2D eigenvalue weighted by Gasteiger charge is -2.08. The molecule has 1 aromatic carbocycles. The third-order valence-corrected chi connectivity index (χ3v) is 2.87. The zero-order valence-corrected chi connectivity index (χ0v) is 8.09. The van der Waals surface area contributed by atoms with Gasteiger partial charge in [0, 0.05) is 0 Å². The van der Waals surface area contributed by atoms with E-state index in [9.17, 15) is 13.2 Å². The number of hydrogen-bond acceptors (Lipinski definition) is 1. The van der Waals surface area contributed by atoms with E-state index in [1.807, 2.05) is 0 Å². The van der Waals surface area contributed by atoms with Gasteiger partial charge in [-0.1, -0.05) is 18.2 Å². The summed E-state index contributed by atoms with van der Waals surface area (Å²) in [5, 5.41) is 0. The van der Waals surface area contributed by atoms with Crippen LogP contribution in [0, 0.1) is 5.92 Å². The van der Waals surface area contributed by atoms with Gasteiger partial charge < -0.3 is 5.73 Å². The molecule has 1 aromatic rings. The highest BCUT2D eigenvalue weighted by molar-refractivity contribution is 5.31. The second-order valence-corrected chi connectivity index (χ2v) is 3.96. The lowest BCUT2D eigenvalue weighted by Crippen LogP contribution is -2.06. The number of hydrogen-bond donors (Lipinski definition) is 1. The average molecular weight is 215 g/mol. The summed E-state index contributed by atoms with van der Waals surface area (Å²) >= 11 is 0. The van der Waals surface area contributed by atoms with Gasteiger partial charge in [0.05, 0.1) is 5.56 Å². The van der Waals surface area contributed by atoms with Crippen LogP contribution in [0.5, 0.6) is 0 Å². The highest BCUT2D eigenvalue weighted by atomic mass is 19.4. The maximum Gasteiger partial charge on any atom is 0.416 e. The van der Waals surface area contributed by atoms with Crippen molar-refractivity contribution in [3.8, 4) is 0 Å². The van der Waals surface area contributed by atoms with Crippen LogP contribution in [0.15, 0.2) is 24.3 Å². The van der Waals surface area contributed by atoms with Crippen LogP contribution in [0.2, 0.25) is 0 Å². The van der Waals surface area contributed by atoms with Gasteiger partial charge in [0.2, 0.25) is 0 Å². The SMILES string of the molecule is NC[C@@H]1C[C@@H]1c1cccc(C(F)(F)F)c1. The molecule has 1 aliphatic carbocycles. The summed E-state index contributed by atoms with van der Waals surface area (Å²) in [6.45, 7) is 0.556. The van der Waals surface area contributed by atoms with Crippen molar-refractivity contribution in [2.75, 3.05) is 6.54 Å². The van der Waals surface area contributed by atoms with Crippen molar-refractivity contribution in [2.45, 2.75) is 18.5 Å². The van der Waals surface area contributed by atoms with Crippen LogP contribution >= 0.6 is 0 Å². The quantitative estimate of drug-likeness (QED) is 0.806. The summed E-state index contributed by atoms with van der Waals surface area (Å²) in [4.78, 5) is 0. The predicted molar refractivity (Wildman–Crippen MR) is 51.3 cm³/mol. The molecule has 4 heteroatoms. The van der Waals surface area contributed by atoms with Crippen LogP contribution in [0.3, 0.4) is 0 Å². The molecule has 0 bridgehead atoms. The lowest BCUT2D eigenvalue weighted by molar-refractivity contribution is -0.137. The first-order chi connectivity index (χ1) is 7.02. The van der Waals surface area contributed by atoms with Gasteiger partial charge in [-0.2, -0.15) is 13.2 Å². The van der Waals surface area contributed by atoms with Gasteiger partial charge in [-0.25, -0.2) is 0 Å². The van der Waals surface area contributed by atoms with Crippen molar-refractivity contribution >= 4 is 0 Å². The third-order valence-electron chi connectivity index (χ3n) is 2.87. The Kier molecular flexibility index (Phi) is 2.46. The molecule has 15 heavy (non-hydrogen) atoms. The maximum absolute atomic E-state index is 12.4. The molecule has 82 valence electrons. The number of rotatable bonds is 2. The van der Waals surface area contributed by atoms with Crippen LogP contribution in [0.1, 0.15) is 23.5 Å². The van der Waals surface area contributed by atoms with E-state index in [4.69, 9.17) is 5.73 Å². The van der Waals surface area contributed by atoms with E-state index < -0.39 is 11.7 Å². The molecule has 0 heterocycles. The van der Waals surface area contributed by atoms with Gasteiger partial charge >= 0.3 is 6.18 Å². The fourth-order valence-corrected chi connectivity index (χ4v) is 1.86. The second kappa shape index (κ2) is 3.52. The van der Waals surface area contributed by atoms with E-state index in [0.29, 0.717) is 12.5 Å². The molecule has 0 amide bonds. The van der Waals surface area contributed by atoms with Gasteiger partial charge in [0.1, 0.15) is 0 Å². The topological polar surface area (TPSA) is 26.0 Å². The smallest absolute Gasteiger partial charge is 0.330 e. The molecule has 2 N–H and O–H groups in total. The first-order valence-corrected chi connectivity index (χ1v) is 4.89. The Bertz CT molecular complexity index is 359. The Morgan fingerprint density at radius 3 is 2.60 bits per heavy atom. The van der Waals surface area contributed by atoms with Gasteiger partial charge in [-0.15, -0.1) is 0 Å². The van der Waals surface area contributed by atoms with Crippen LogP contribution in [0.25, 0.3) is 0 Å². The molecule has 1 fully saturated rings. The van der Waals surface area contributed by atoms with Gasteiger partial charge in [-0.3, -0.25) is 0 Å². The van der Waals surface area contributed by atoms with Crippen molar-refractivity contribution in [3.63, 3.8) is 0 Å². The average Bonchev–Trinajstić information content (AvgIpc) is 2.95. The molecule has 0 aliphatic heterocycles. The fourth-order valence-electron chi connectivity index (χ4n) is 1.86. The zero-order chi connectivity index (χ0) is 11.1. The molecule has 1 aliphatic rings. The third kappa shape index (κ3) is 2.15. The van der Waals surface area contributed by atoms with Crippen molar-refractivity contribution in [1.82, 2.24) is 0 Å². The number of nitrogens with two attached hydrogens (primary N) is 1. The molecular weight excluding hydrogens is 203 g/mol. The van der Waals surface area contributed by atoms with Crippen LogP contribution in [-0.2, 0) is 6.18 Å². The van der Waals surface area contributed by atoms with Gasteiger partial charge in [0.15, 0.2) is 0 Å². The van der Waals surface area contributed by atoms with E-state index in [0.717, 1.165) is 18.1 Å². The Morgan fingerprint density at radius 2 is 2.07 bits per heavy atom. The van der Waals surface area contributed by atoms with Crippen LogP contribution < -0.4 is 5.73 Å². The van der Waals surface area contributed by atoms with E-state index in [1.165, 1.54) is 12.1 Å². The first kappa shape index (κ1) is 10.5. The first-order valence-electron chi connectivity index (χ1n) is 4.89. The monoisotopic (exact) mass is 215 g/mol. The molecule has 2 rings (SSSR count). The molecule has 0 unspecified atom stereocenters. The van der Waals surface area contributed by atoms with Crippen LogP contribution in [0.4, 0.5) is 13.2 Å². The van der Waals surface area contributed by atoms with Crippen LogP contribution in [-0.4, -0.2) is 6.54 Å². The Balaban J connectivity index is 2.21. The lowest BCUT2D eigenvalue weighted by atomic mass is 10.1. The van der Waals surface area contributed by atoms with Crippen molar-refractivity contribution in [3.05, 3.63) is 35.4 Å². The summed E-state index contributed by atoms with van der Waals surface area (Å²) in [5.41, 5.74) is 5.66. The van der Waals surface area contributed by atoms with Gasteiger partial charge in [-0.05, 0) is 36.4 Å². The summed E-state index contributed by atoms with van der Waals surface area (Å²) in [7, 11) is 0. The van der Waals surface area contributed by atoms with Crippen molar-refractivity contribution in [1.29, 1.82) is 0 Å². The molecule has 0 radical (unpaired) electrons. The minimum absolute atomic E-state index is 0.234. The molecule has 0 spiro atoms. The maximum atomic E-state index is 12.4. The Hall–Kier alpha value is -1.03. The Morgan fingerprint density at radius 1 is 1.33 bits per heavy atom. The summed E-state index contributed by atoms with van der Waals surface area (Å²) in [5.74, 6) is 0.603. The number of halogens is 3. The number of alkyl halides is 3. The fraction of sp³-hybridized carbons (Fsp3) is 0.455. The molecular formula is C11H12F3N. The van der Waals surface area contributed by atoms with Crippen molar-refractivity contribution in [2.24, 2.45) is 11.7 Å². The minimum Gasteiger partial charge on any atom is -0.330 e. The van der Waals surface area contributed by atoms with E-state index in [2.05, 4.69) is 0 Å². The summed E-state index contributed by atoms with van der Waals surface area (Å²) in [6.07, 6.45) is -3.33. The predicted octanol–water partition coefficient (Wildman–Crippen LogP) is 2.77. The zero-order valence-electron chi connectivity index (χ0n) is 8.09. The second-order valence-electron chi connectivity index (χ2n) is 3.96. The summed E-state index contributed by atoms with van der Waals surface area (Å²) < 4.78 is 37.2. The Labute approximate surface area is 86.1 Å². The molecule has 2 atom stereocenters. The highest BCUT2D eigenvalue weighted by Crippen LogP contribution is 2.47. The number of benzene rings is 1. The van der Waals surface area contributed by atoms with Crippen molar-refractivity contribution < 1.29 is 13.2 Å². The summed E-state index contributed by atoms with van der Waals surface area (Å²) in [6, 6.07) is 5.54. The molecule has 0 saturated heterocycles. The largest absolute Gasteiger partial charge is 0.416 e. The van der Waals surface area contributed by atoms with E-state index >= 15 is 0 Å². The molecule has 1 saturated carbocycles. The standard InChI is InChI=1S/C11H12F3N/c12-11(13,14)9-3-1-2-7(4-9)10-5-8(10)6-15/h1-4,8,10H,5-6,15H2/t8-,10+/m0/s1.